The number of hydrogen-bond acceptors (Lipinski definition) is 4. The van der Waals surface area contributed by atoms with E-state index in [1.54, 1.807) is 23.0 Å². The van der Waals surface area contributed by atoms with E-state index in [-0.39, 0.29) is 11.9 Å². The number of imidazole rings is 1. The van der Waals surface area contributed by atoms with Crippen molar-refractivity contribution in [1.29, 1.82) is 0 Å². The number of thioether (sulfide) groups is 1. The third-order valence-electron chi connectivity index (χ3n) is 3.04. The van der Waals surface area contributed by atoms with E-state index in [0.717, 1.165) is 23.7 Å². The van der Waals surface area contributed by atoms with Crippen molar-refractivity contribution in [1.82, 2.24) is 20.2 Å². The largest absolute Gasteiger partial charge is 0.347 e. The third-order valence-corrected chi connectivity index (χ3v) is 3.63. The average Bonchev–Trinajstić information content (AvgIpc) is 2.81. The second kappa shape index (κ2) is 5.55. The van der Waals surface area contributed by atoms with Crippen LogP contribution in [0.3, 0.4) is 0 Å². The van der Waals surface area contributed by atoms with E-state index in [0.29, 0.717) is 13.0 Å². The van der Waals surface area contributed by atoms with Crippen LogP contribution < -0.4 is 5.32 Å². The van der Waals surface area contributed by atoms with Gasteiger partial charge in [-0.3, -0.25) is 10.1 Å². The number of likely N-dealkylation sites (N-methyl/N-ethyl adjacent to an activating group) is 1. The highest BCUT2D eigenvalue weighted by atomic mass is 32.2. The molecule has 94 valence electrons. The summed E-state index contributed by atoms with van der Waals surface area (Å²) in [6.45, 7) is 1.49. The molecule has 1 aliphatic rings. The van der Waals surface area contributed by atoms with E-state index >= 15 is 0 Å². The molecule has 2 heterocycles. The van der Waals surface area contributed by atoms with Crippen molar-refractivity contribution in [2.24, 2.45) is 0 Å². The quantitative estimate of drug-likeness (QED) is 0.808. The molecule has 0 saturated heterocycles. The number of aromatic amines is 1. The van der Waals surface area contributed by atoms with Crippen LogP contribution in [-0.2, 0) is 17.8 Å². The van der Waals surface area contributed by atoms with Crippen LogP contribution in [0.2, 0.25) is 0 Å². The molecule has 0 bridgehead atoms. The molecule has 0 spiro atoms. The molecule has 0 fully saturated rings. The predicted octanol–water partition coefficient (Wildman–Crippen LogP) is 0.245. The Hall–Kier alpha value is -1.01. The van der Waals surface area contributed by atoms with Crippen LogP contribution >= 0.6 is 11.8 Å². The smallest absolute Gasteiger partial charge is 0.239 e. The Balaban J connectivity index is 1.93. The SMILES string of the molecule is CSCCN(C)C(=O)C1Cc2nc[nH]c2CN1. The monoisotopic (exact) mass is 254 g/mol. The van der Waals surface area contributed by atoms with Crippen LogP contribution in [0, 0.1) is 0 Å². The standard InChI is InChI=1S/C11H18N4OS/c1-15(3-4-17-2)11(16)9-5-8-10(6-12-9)14-7-13-8/h7,9,12H,3-6H2,1-2H3,(H,13,14). The summed E-state index contributed by atoms with van der Waals surface area (Å²) in [6.07, 6.45) is 4.42. The Kier molecular flexibility index (Phi) is 4.06. The van der Waals surface area contributed by atoms with E-state index in [2.05, 4.69) is 15.3 Å². The molecule has 2 rings (SSSR count). The van der Waals surface area contributed by atoms with Crippen LogP contribution in [-0.4, -0.2) is 52.4 Å². The zero-order valence-electron chi connectivity index (χ0n) is 10.2. The van der Waals surface area contributed by atoms with Gasteiger partial charge in [-0.2, -0.15) is 11.8 Å². The second-order valence-electron chi connectivity index (χ2n) is 4.22. The highest BCUT2D eigenvalue weighted by molar-refractivity contribution is 7.98. The topological polar surface area (TPSA) is 61.0 Å². The molecule has 0 saturated carbocycles. The molecular formula is C11H18N4OS. The minimum absolute atomic E-state index is 0.127. The number of rotatable bonds is 4. The van der Waals surface area contributed by atoms with Gasteiger partial charge in [0.25, 0.3) is 0 Å². The van der Waals surface area contributed by atoms with Crippen molar-refractivity contribution >= 4 is 17.7 Å². The maximum atomic E-state index is 12.2. The van der Waals surface area contributed by atoms with Crippen LogP contribution in [0.15, 0.2) is 6.33 Å². The van der Waals surface area contributed by atoms with Crippen molar-refractivity contribution in [2.45, 2.75) is 19.0 Å². The third kappa shape index (κ3) is 2.81. The van der Waals surface area contributed by atoms with E-state index in [1.807, 2.05) is 13.3 Å². The lowest BCUT2D eigenvalue weighted by Gasteiger charge is -2.26. The van der Waals surface area contributed by atoms with Crippen molar-refractivity contribution in [3.8, 4) is 0 Å². The van der Waals surface area contributed by atoms with Crippen molar-refractivity contribution in [2.75, 3.05) is 25.6 Å². The summed E-state index contributed by atoms with van der Waals surface area (Å²) in [6, 6.07) is -0.127. The number of fused-ring (bicyclic) bond motifs is 1. The molecular weight excluding hydrogens is 236 g/mol. The lowest BCUT2D eigenvalue weighted by Crippen LogP contribution is -2.48. The molecule has 2 N–H and O–H groups in total. The lowest BCUT2D eigenvalue weighted by molar-refractivity contribution is -0.132. The number of hydrogen-bond donors (Lipinski definition) is 2. The van der Waals surface area contributed by atoms with Crippen LogP contribution in [0.1, 0.15) is 11.4 Å². The van der Waals surface area contributed by atoms with Gasteiger partial charge in [0.15, 0.2) is 0 Å². The highest BCUT2D eigenvalue weighted by Crippen LogP contribution is 2.13. The first-order valence-electron chi connectivity index (χ1n) is 5.70. The summed E-state index contributed by atoms with van der Waals surface area (Å²) < 4.78 is 0. The van der Waals surface area contributed by atoms with Gasteiger partial charge in [0, 0.05) is 32.3 Å². The van der Waals surface area contributed by atoms with Gasteiger partial charge in [-0.1, -0.05) is 0 Å². The molecule has 1 unspecified atom stereocenters. The molecule has 6 heteroatoms. The van der Waals surface area contributed by atoms with Crippen LogP contribution in [0.5, 0.6) is 0 Å². The summed E-state index contributed by atoms with van der Waals surface area (Å²) in [5.41, 5.74) is 2.11. The normalized spacial score (nSPS) is 18.8. The number of carbonyl (C=O) groups is 1. The van der Waals surface area contributed by atoms with E-state index in [9.17, 15) is 4.79 Å². The summed E-state index contributed by atoms with van der Waals surface area (Å²) in [5, 5.41) is 3.25. The first-order chi connectivity index (χ1) is 8.22. The van der Waals surface area contributed by atoms with E-state index in [4.69, 9.17) is 0 Å². The van der Waals surface area contributed by atoms with Crippen molar-refractivity contribution in [3.63, 3.8) is 0 Å². The zero-order valence-corrected chi connectivity index (χ0v) is 11.0. The fourth-order valence-corrected chi connectivity index (χ4v) is 2.40. The molecule has 0 aliphatic carbocycles. The predicted molar refractivity (Wildman–Crippen MR) is 68.9 cm³/mol. The Bertz CT molecular complexity index is 393. The minimum atomic E-state index is -0.127. The number of aromatic nitrogens is 2. The second-order valence-corrected chi connectivity index (χ2v) is 5.20. The molecule has 17 heavy (non-hydrogen) atoms. The lowest BCUT2D eigenvalue weighted by atomic mass is 10.0. The van der Waals surface area contributed by atoms with Gasteiger partial charge in [0.05, 0.1) is 23.8 Å². The van der Waals surface area contributed by atoms with E-state index in [1.165, 1.54) is 0 Å². The maximum absolute atomic E-state index is 12.2. The van der Waals surface area contributed by atoms with Gasteiger partial charge in [0.2, 0.25) is 5.91 Å². The number of carbonyl (C=O) groups excluding carboxylic acids is 1. The number of nitrogens with zero attached hydrogens (tertiary/aromatic N) is 2. The number of nitrogens with one attached hydrogen (secondary N) is 2. The molecule has 0 aromatic carbocycles. The Labute approximate surface area is 105 Å². The Morgan fingerprint density at radius 1 is 1.71 bits per heavy atom. The fourth-order valence-electron chi connectivity index (χ4n) is 1.95. The van der Waals surface area contributed by atoms with Crippen LogP contribution in [0.4, 0.5) is 0 Å². The van der Waals surface area contributed by atoms with Crippen molar-refractivity contribution < 1.29 is 4.79 Å². The molecule has 1 aromatic rings. The Morgan fingerprint density at radius 2 is 2.53 bits per heavy atom. The molecule has 1 atom stereocenters. The molecule has 1 aliphatic heterocycles. The molecule has 5 nitrogen and oxygen atoms in total. The summed E-state index contributed by atoms with van der Waals surface area (Å²) >= 11 is 1.75. The molecule has 1 amide bonds. The first kappa shape index (κ1) is 12.4. The van der Waals surface area contributed by atoms with Crippen LogP contribution in [0.25, 0.3) is 0 Å². The van der Waals surface area contributed by atoms with E-state index < -0.39 is 0 Å². The average molecular weight is 254 g/mol. The fraction of sp³-hybridized carbons (Fsp3) is 0.636. The Morgan fingerprint density at radius 3 is 3.29 bits per heavy atom. The number of H-pyrrole nitrogens is 1. The van der Waals surface area contributed by atoms with Gasteiger partial charge < -0.3 is 9.88 Å². The first-order valence-corrected chi connectivity index (χ1v) is 7.10. The minimum Gasteiger partial charge on any atom is -0.347 e. The summed E-state index contributed by atoms with van der Waals surface area (Å²) in [5.74, 6) is 1.13. The summed E-state index contributed by atoms with van der Waals surface area (Å²) in [4.78, 5) is 21.3. The maximum Gasteiger partial charge on any atom is 0.239 e. The highest BCUT2D eigenvalue weighted by Gasteiger charge is 2.27. The molecule has 1 aromatic heterocycles. The van der Waals surface area contributed by atoms with Gasteiger partial charge in [-0.05, 0) is 6.26 Å². The summed E-state index contributed by atoms with van der Waals surface area (Å²) in [7, 11) is 1.86. The van der Waals surface area contributed by atoms with Gasteiger partial charge in [-0.15, -0.1) is 0 Å². The van der Waals surface area contributed by atoms with Gasteiger partial charge in [0.1, 0.15) is 0 Å². The van der Waals surface area contributed by atoms with Crippen molar-refractivity contribution in [3.05, 3.63) is 17.7 Å². The zero-order chi connectivity index (χ0) is 12.3. The number of amides is 1. The van der Waals surface area contributed by atoms with Gasteiger partial charge in [-0.25, -0.2) is 4.98 Å². The molecule has 0 radical (unpaired) electrons. The van der Waals surface area contributed by atoms with Gasteiger partial charge >= 0.3 is 0 Å².